The third-order valence-electron chi connectivity index (χ3n) is 3.58. The van der Waals surface area contributed by atoms with Gasteiger partial charge in [-0.2, -0.15) is 0 Å². The Kier molecular flexibility index (Phi) is 4.38. The first kappa shape index (κ1) is 15.2. The molecule has 0 bridgehead atoms. The zero-order chi connectivity index (χ0) is 15.5. The van der Waals surface area contributed by atoms with E-state index in [9.17, 15) is 14.3 Å². The number of carboxylic acid groups (broad SMARTS) is 1. The number of halogens is 1. The summed E-state index contributed by atoms with van der Waals surface area (Å²) in [6.45, 7) is 1.22. The minimum atomic E-state index is -2.39. The second-order valence-corrected chi connectivity index (χ2v) is 5.18. The van der Waals surface area contributed by atoms with Gasteiger partial charge in [0.15, 0.2) is 0 Å². The normalized spacial score (nSPS) is 15.4. The zero-order valence-corrected chi connectivity index (χ0v) is 11.6. The van der Waals surface area contributed by atoms with Gasteiger partial charge in [0, 0.05) is 5.92 Å². The van der Waals surface area contributed by atoms with E-state index in [2.05, 4.69) is 0 Å². The second kappa shape index (κ2) is 6.06. The summed E-state index contributed by atoms with van der Waals surface area (Å²) < 4.78 is 14.1. The minimum absolute atomic E-state index is 0.664. The van der Waals surface area contributed by atoms with E-state index in [1.54, 1.807) is 48.5 Å². The molecule has 0 radical (unpaired) electrons. The third kappa shape index (κ3) is 3.11. The lowest BCUT2D eigenvalue weighted by Gasteiger charge is -2.34. The largest absolute Gasteiger partial charge is 0.479 e. The number of carboxylic acids is 1. The van der Waals surface area contributed by atoms with Gasteiger partial charge in [-0.15, -0.1) is 0 Å². The van der Waals surface area contributed by atoms with Crippen LogP contribution in [0, 0.1) is 0 Å². The van der Waals surface area contributed by atoms with E-state index in [1.807, 2.05) is 12.1 Å². The number of rotatable bonds is 5. The summed E-state index contributed by atoms with van der Waals surface area (Å²) in [6.07, 6.45) is -2.39. The van der Waals surface area contributed by atoms with E-state index in [1.165, 1.54) is 6.92 Å². The van der Waals surface area contributed by atoms with Gasteiger partial charge in [-0.3, -0.25) is 0 Å². The van der Waals surface area contributed by atoms with E-state index < -0.39 is 23.7 Å². The van der Waals surface area contributed by atoms with Crippen molar-refractivity contribution in [2.24, 2.45) is 0 Å². The van der Waals surface area contributed by atoms with Gasteiger partial charge in [0.2, 0.25) is 6.17 Å². The number of carbonyl (C=O) groups is 1. The lowest BCUT2D eigenvalue weighted by Crippen LogP contribution is -2.47. The van der Waals surface area contributed by atoms with Gasteiger partial charge in [-0.1, -0.05) is 60.7 Å². The van der Waals surface area contributed by atoms with Crippen LogP contribution in [0.5, 0.6) is 0 Å². The van der Waals surface area contributed by atoms with Crippen LogP contribution < -0.4 is 0 Å². The summed E-state index contributed by atoms with van der Waals surface area (Å²) in [4.78, 5) is 11.0. The highest BCUT2D eigenvalue weighted by Crippen LogP contribution is 2.38. The molecule has 0 spiro atoms. The van der Waals surface area contributed by atoms with E-state index >= 15 is 0 Å². The van der Waals surface area contributed by atoms with Crippen molar-refractivity contribution in [1.29, 1.82) is 0 Å². The SMILES string of the molecule is CC(O)(C(F)C(=O)O)C(c1ccccc1)c1ccccc1. The number of aliphatic hydroxyl groups is 1. The molecule has 0 aliphatic carbocycles. The van der Waals surface area contributed by atoms with Crippen molar-refractivity contribution in [2.45, 2.75) is 24.6 Å². The number of aliphatic carboxylic acids is 1. The molecule has 2 N–H and O–H groups in total. The van der Waals surface area contributed by atoms with Crippen molar-refractivity contribution in [2.75, 3.05) is 0 Å². The third-order valence-corrected chi connectivity index (χ3v) is 3.58. The highest BCUT2D eigenvalue weighted by Gasteiger charge is 2.45. The van der Waals surface area contributed by atoms with Crippen LogP contribution in [0.2, 0.25) is 0 Å². The van der Waals surface area contributed by atoms with Crippen LogP contribution in [0.25, 0.3) is 0 Å². The molecule has 0 amide bonds. The van der Waals surface area contributed by atoms with Crippen molar-refractivity contribution in [1.82, 2.24) is 0 Å². The molecule has 2 aromatic rings. The van der Waals surface area contributed by atoms with Crippen molar-refractivity contribution in [3.63, 3.8) is 0 Å². The fraction of sp³-hybridized carbons (Fsp3) is 0.235. The summed E-state index contributed by atoms with van der Waals surface area (Å²) in [7, 11) is 0. The Morgan fingerprint density at radius 3 is 1.71 bits per heavy atom. The molecule has 110 valence electrons. The molecule has 0 fully saturated rings. The van der Waals surface area contributed by atoms with Crippen LogP contribution in [0.1, 0.15) is 24.0 Å². The predicted molar refractivity (Wildman–Crippen MR) is 77.9 cm³/mol. The number of hydrogen-bond acceptors (Lipinski definition) is 2. The lowest BCUT2D eigenvalue weighted by molar-refractivity contribution is -0.154. The lowest BCUT2D eigenvalue weighted by atomic mass is 9.76. The first-order valence-corrected chi connectivity index (χ1v) is 6.63. The van der Waals surface area contributed by atoms with Crippen molar-refractivity contribution in [3.8, 4) is 0 Å². The number of alkyl halides is 1. The molecule has 2 aromatic carbocycles. The number of benzene rings is 2. The van der Waals surface area contributed by atoms with Crippen LogP contribution in [-0.2, 0) is 4.79 Å². The Morgan fingerprint density at radius 1 is 1.00 bits per heavy atom. The summed E-state index contributed by atoms with van der Waals surface area (Å²) in [5.74, 6) is -2.44. The van der Waals surface area contributed by atoms with Crippen LogP contribution >= 0.6 is 0 Å². The molecule has 3 nitrogen and oxygen atoms in total. The Morgan fingerprint density at radius 2 is 1.38 bits per heavy atom. The molecule has 0 aliphatic rings. The maximum absolute atomic E-state index is 14.1. The summed E-state index contributed by atoms with van der Waals surface area (Å²) >= 11 is 0. The first-order valence-electron chi connectivity index (χ1n) is 6.63. The Hall–Kier alpha value is -2.20. The topological polar surface area (TPSA) is 57.5 Å². The average Bonchev–Trinajstić information content (AvgIpc) is 2.48. The molecule has 0 saturated heterocycles. The maximum Gasteiger partial charge on any atom is 0.341 e. The molecule has 0 saturated carbocycles. The second-order valence-electron chi connectivity index (χ2n) is 5.18. The van der Waals surface area contributed by atoms with Crippen LogP contribution in [0.3, 0.4) is 0 Å². The molecule has 0 heterocycles. The van der Waals surface area contributed by atoms with E-state index in [-0.39, 0.29) is 0 Å². The van der Waals surface area contributed by atoms with Crippen LogP contribution in [-0.4, -0.2) is 28.0 Å². The van der Waals surface area contributed by atoms with Crippen molar-refractivity contribution < 1.29 is 19.4 Å². The van der Waals surface area contributed by atoms with Crippen molar-refractivity contribution in [3.05, 3.63) is 71.8 Å². The summed E-state index contributed by atoms with van der Waals surface area (Å²) in [6, 6.07) is 17.7. The molecule has 0 aromatic heterocycles. The van der Waals surface area contributed by atoms with E-state index in [0.29, 0.717) is 11.1 Å². The Bertz CT molecular complexity index is 556. The van der Waals surface area contributed by atoms with Crippen LogP contribution in [0.15, 0.2) is 60.7 Å². The standard InChI is InChI=1S/C17H17FO3/c1-17(21,15(18)16(19)20)14(12-8-4-2-5-9-12)13-10-6-3-7-11-13/h2-11,14-15,21H,1H3,(H,19,20). The Balaban J connectivity index is 2.54. The smallest absolute Gasteiger partial charge is 0.341 e. The molecule has 2 atom stereocenters. The fourth-order valence-electron chi connectivity index (χ4n) is 2.55. The monoisotopic (exact) mass is 288 g/mol. The molecular weight excluding hydrogens is 271 g/mol. The van der Waals surface area contributed by atoms with Crippen LogP contribution in [0.4, 0.5) is 4.39 Å². The Labute approximate surface area is 122 Å². The quantitative estimate of drug-likeness (QED) is 0.889. The molecule has 2 unspecified atom stereocenters. The molecule has 2 rings (SSSR count). The average molecular weight is 288 g/mol. The van der Waals surface area contributed by atoms with Gasteiger partial charge in [0.1, 0.15) is 5.60 Å². The minimum Gasteiger partial charge on any atom is -0.479 e. The first-order chi connectivity index (χ1) is 9.94. The predicted octanol–water partition coefficient (Wildman–Crippen LogP) is 2.99. The number of hydrogen-bond donors (Lipinski definition) is 2. The van der Waals surface area contributed by atoms with Gasteiger partial charge in [0.05, 0.1) is 0 Å². The van der Waals surface area contributed by atoms with Gasteiger partial charge in [-0.05, 0) is 18.1 Å². The molecular formula is C17H17FO3. The van der Waals surface area contributed by atoms with Gasteiger partial charge in [0.25, 0.3) is 0 Å². The molecule has 4 heteroatoms. The molecule has 21 heavy (non-hydrogen) atoms. The van der Waals surface area contributed by atoms with E-state index in [4.69, 9.17) is 5.11 Å². The van der Waals surface area contributed by atoms with E-state index in [0.717, 1.165) is 0 Å². The maximum atomic E-state index is 14.1. The van der Waals surface area contributed by atoms with Gasteiger partial charge >= 0.3 is 5.97 Å². The summed E-state index contributed by atoms with van der Waals surface area (Å²) in [5, 5.41) is 19.5. The zero-order valence-electron chi connectivity index (χ0n) is 11.6. The summed E-state index contributed by atoms with van der Waals surface area (Å²) in [5.41, 5.74) is -0.732. The van der Waals surface area contributed by atoms with Gasteiger partial charge < -0.3 is 10.2 Å². The van der Waals surface area contributed by atoms with Crippen molar-refractivity contribution >= 4 is 5.97 Å². The van der Waals surface area contributed by atoms with Gasteiger partial charge in [-0.25, -0.2) is 9.18 Å². The molecule has 0 aliphatic heterocycles. The fourth-order valence-corrected chi connectivity index (χ4v) is 2.55. The highest BCUT2D eigenvalue weighted by molar-refractivity contribution is 5.74. The highest BCUT2D eigenvalue weighted by atomic mass is 19.1.